The van der Waals surface area contributed by atoms with Crippen LogP contribution in [0.5, 0.6) is 17.2 Å². The van der Waals surface area contributed by atoms with Crippen molar-refractivity contribution in [2.75, 3.05) is 31.7 Å². The van der Waals surface area contributed by atoms with Crippen molar-refractivity contribution in [1.29, 1.82) is 0 Å². The van der Waals surface area contributed by atoms with Crippen LogP contribution in [-0.4, -0.2) is 26.4 Å². The van der Waals surface area contributed by atoms with Crippen LogP contribution in [0.25, 0.3) is 0 Å². The molecule has 0 aromatic heterocycles. The first kappa shape index (κ1) is 18.6. The maximum Gasteiger partial charge on any atom is 0.122 e. The Labute approximate surface area is 160 Å². The Morgan fingerprint density at radius 3 is 1.96 bits per heavy atom. The summed E-state index contributed by atoms with van der Waals surface area (Å²) in [5.41, 5.74) is 2.24. The number of para-hydroxylation sites is 1. The number of ether oxygens (including phenoxy) is 3. The zero-order chi connectivity index (χ0) is 18.7. The third-order valence-electron chi connectivity index (χ3n) is 3.91. The van der Waals surface area contributed by atoms with Gasteiger partial charge in [-0.2, -0.15) is 0 Å². The molecule has 4 nitrogen and oxygen atoms in total. The lowest BCUT2D eigenvalue weighted by Gasteiger charge is -2.11. The van der Waals surface area contributed by atoms with Gasteiger partial charge in [-0.15, -0.1) is 0 Å². The highest BCUT2D eigenvalue weighted by Gasteiger charge is 1.98. The lowest BCUT2D eigenvalue weighted by atomic mass is 10.2. The Kier molecular flexibility index (Phi) is 6.99. The molecule has 140 valence electrons. The van der Waals surface area contributed by atoms with E-state index in [2.05, 4.69) is 18.3 Å². The number of aryl methyl sites for hydroxylation is 1. The lowest BCUT2D eigenvalue weighted by molar-refractivity contribution is 0.217. The minimum absolute atomic E-state index is 0.506. The summed E-state index contributed by atoms with van der Waals surface area (Å²) >= 11 is 0. The lowest BCUT2D eigenvalue weighted by Crippen LogP contribution is -2.11. The minimum atomic E-state index is 0.506. The maximum atomic E-state index is 5.73. The number of hydrogen-bond acceptors (Lipinski definition) is 4. The average molecular weight is 363 g/mol. The van der Waals surface area contributed by atoms with E-state index < -0.39 is 0 Å². The molecule has 0 aliphatic carbocycles. The predicted octanol–water partition coefficient (Wildman–Crippen LogP) is 4.94. The van der Waals surface area contributed by atoms with Crippen molar-refractivity contribution in [2.45, 2.75) is 6.92 Å². The zero-order valence-corrected chi connectivity index (χ0v) is 15.6. The monoisotopic (exact) mass is 363 g/mol. The third-order valence-corrected chi connectivity index (χ3v) is 3.91. The Balaban J connectivity index is 1.32. The van der Waals surface area contributed by atoms with E-state index in [1.54, 1.807) is 0 Å². The molecule has 27 heavy (non-hydrogen) atoms. The molecule has 0 heterocycles. The second kappa shape index (κ2) is 10.1. The zero-order valence-electron chi connectivity index (χ0n) is 15.6. The summed E-state index contributed by atoms with van der Waals surface area (Å²) in [4.78, 5) is 0. The van der Waals surface area contributed by atoms with Crippen molar-refractivity contribution in [3.63, 3.8) is 0 Å². The fourth-order valence-corrected chi connectivity index (χ4v) is 2.57. The maximum absolute atomic E-state index is 5.73. The van der Waals surface area contributed by atoms with Crippen LogP contribution >= 0.6 is 0 Å². The van der Waals surface area contributed by atoms with E-state index in [4.69, 9.17) is 14.2 Å². The van der Waals surface area contributed by atoms with Gasteiger partial charge in [0.05, 0.1) is 0 Å². The highest BCUT2D eigenvalue weighted by atomic mass is 16.5. The van der Waals surface area contributed by atoms with Gasteiger partial charge in [0.25, 0.3) is 0 Å². The number of rotatable bonds is 10. The van der Waals surface area contributed by atoms with E-state index in [0.29, 0.717) is 19.8 Å². The van der Waals surface area contributed by atoms with E-state index in [1.165, 1.54) is 5.56 Å². The number of nitrogens with one attached hydrogen (secondary N) is 1. The SMILES string of the molecule is Cc1cccc(OCCNc2ccc(OCCOc3ccccc3)cc2)c1. The van der Waals surface area contributed by atoms with Gasteiger partial charge in [0.1, 0.15) is 37.1 Å². The molecule has 3 aromatic rings. The molecule has 1 N–H and O–H groups in total. The molecule has 3 rings (SSSR count). The highest BCUT2D eigenvalue weighted by Crippen LogP contribution is 2.16. The summed E-state index contributed by atoms with van der Waals surface area (Å²) in [6.07, 6.45) is 0. The van der Waals surface area contributed by atoms with E-state index in [0.717, 1.165) is 29.5 Å². The Morgan fingerprint density at radius 2 is 1.26 bits per heavy atom. The number of hydrogen-bond donors (Lipinski definition) is 1. The molecule has 0 spiro atoms. The van der Waals surface area contributed by atoms with Gasteiger partial charge in [-0.1, -0.05) is 30.3 Å². The van der Waals surface area contributed by atoms with Crippen molar-refractivity contribution >= 4 is 5.69 Å². The van der Waals surface area contributed by atoms with Crippen LogP contribution in [0.1, 0.15) is 5.56 Å². The normalized spacial score (nSPS) is 10.3. The van der Waals surface area contributed by atoms with Gasteiger partial charge in [0.15, 0.2) is 0 Å². The topological polar surface area (TPSA) is 39.7 Å². The molecule has 0 atom stereocenters. The Bertz CT molecular complexity index is 803. The molecule has 0 saturated carbocycles. The Hall–Kier alpha value is -3.14. The standard InChI is InChI=1S/C23H25NO3/c1-19-6-5-9-23(18-19)25-15-14-24-20-10-12-22(13-11-20)27-17-16-26-21-7-3-2-4-8-21/h2-13,18,24H,14-17H2,1H3. The molecule has 0 bridgehead atoms. The minimum Gasteiger partial charge on any atom is -0.492 e. The van der Waals surface area contributed by atoms with Crippen LogP contribution in [0.15, 0.2) is 78.9 Å². The quantitative estimate of drug-likeness (QED) is 0.518. The second-order valence-electron chi connectivity index (χ2n) is 6.13. The molecule has 0 unspecified atom stereocenters. The molecule has 3 aromatic carbocycles. The molecular weight excluding hydrogens is 338 g/mol. The Morgan fingerprint density at radius 1 is 0.630 bits per heavy atom. The van der Waals surface area contributed by atoms with Crippen LogP contribution in [0.2, 0.25) is 0 Å². The van der Waals surface area contributed by atoms with Crippen molar-refractivity contribution < 1.29 is 14.2 Å². The van der Waals surface area contributed by atoms with Crippen molar-refractivity contribution in [3.8, 4) is 17.2 Å². The van der Waals surface area contributed by atoms with Gasteiger partial charge in [-0.3, -0.25) is 0 Å². The highest BCUT2D eigenvalue weighted by molar-refractivity contribution is 5.46. The summed E-state index contributed by atoms with van der Waals surface area (Å²) in [6, 6.07) is 25.7. The predicted molar refractivity (Wildman–Crippen MR) is 109 cm³/mol. The summed E-state index contributed by atoms with van der Waals surface area (Å²) in [6.45, 7) is 4.42. The van der Waals surface area contributed by atoms with Gasteiger partial charge < -0.3 is 19.5 Å². The van der Waals surface area contributed by atoms with Crippen molar-refractivity contribution in [1.82, 2.24) is 0 Å². The fourth-order valence-electron chi connectivity index (χ4n) is 2.57. The largest absolute Gasteiger partial charge is 0.492 e. The van der Waals surface area contributed by atoms with E-state index in [9.17, 15) is 0 Å². The number of anilines is 1. The molecule has 0 saturated heterocycles. The van der Waals surface area contributed by atoms with E-state index >= 15 is 0 Å². The molecule has 4 heteroatoms. The molecular formula is C23H25NO3. The third kappa shape index (κ3) is 6.59. The van der Waals surface area contributed by atoms with Crippen molar-refractivity contribution in [2.24, 2.45) is 0 Å². The van der Waals surface area contributed by atoms with Crippen molar-refractivity contribution in [3.05, 3.63) is 84.4 Å². The van der Waals surface area contributed by atoms with Crippen LogP contribution in [0, 0.1) is 6.92 Å². The first-order chi connectivity index (χ1) is 13.3. The summed E-state index contributed by atoms with van der Waals surface area (Å²) < 4.78 is 17.0. The van der Waals surface area contributed by atoms with Crippen LogP contribution in [0.3, 0.4) is 0 Å². The molecule has 0 fully saturated rings. The first-order valence-electron chi connectivity index (χ1n) is 9.14. The van der Waals surface area contributed by atoms with Crippen LogP contribution < -0.4 is 19.5 Å². The summed E-state index contributed by atoms with van der Waals surface area (Å²) in [7, 11) is 0. The second-order valence-corrected chi connectivity index (χ2v) is 6.13. The van der Waals surface area contributed by atoms with Gasteiger partial charge in [0, 0.05) is 12.2 Å². The van der Waals surface area contributed by atoms with Gasteiger partial charge in [-0.25, -0.2) is 0 Å². The summed E-state index contributed by atoms with van der Waals surface area (Å²) in [5, 5.41) is 3.34. The fraction of sp³-hybridized carbons (Fsp3) is 0.217. The first-order valence-corrected chi connectivity index (χ1v) is 9.14. The van der Waals surface area contributed by atoms with Gasteiger partial charge in [0.2, 0.25) is 0 Å². The molecule has 0 aliphatic heterocycles. The molecule has 0 amide bonds. The van der Waals surface area contributed by atoms with Gasteiger partial charge >= 0.3 is 0 Å². The van der Waals surface area contributed by atoms with E-state index in [1.807, 2.05) is 72.8 Å². The van der Waals surface area contributed by atoms with Crippen LogP contribution in [-0.2, 0) is 0 Å². The molecule has 0 aliphatic rings. The van der Waals surface area contributed by atoms with Crippen LogP contribution in [0.4, 0.5) is 5.69 Å². The molecule has 0 radical (unpaired) electrons. The smallest absolute Gasteiger partial charge is 0.122 e. The number of benzene rings is 3. The van der Waals surface area contributed by atoms with Gasteiger partial charge in [-0.05, 0) is 61.0 Å². The summed E-state index contributed by atoms with van der Waals surface area (Å²) in [5.74, 6) is 2.58. The average Bonchev–Trinajstić information content (AvgIpc) is 2.70. The van der Waals surface area contributed by atoms with E-state index in [-0.39, 0.29) is 0 Å².